The molecule has 0 aliphatic carbocycles. The number of carbonyl (C=O) groups excluding carboxylic acids is 3. The quantitative estimate of drug-likeness (QED) is 0.330. The first-order chi connectivity index (χ1) is 19.8. The summed E-state index contributed by atoms with van der Waals surface area (Å²) in [7, 11) is 6.14. The molecule has 3 amide bonds. The van der Waals surface area contributed by atoms with Gasteiger partial charge < -0.3 is 29.4 Å². The van der Waals surface area contributed by atoms with Gasteiger partial charge in [-0.3, -0.25) is 14.4 Å². The van der Waals surface area contributed by atoms with Gasteiger partial charge in [0.05, 0.1) is 17.6 Å². The second-order valence-electron chi connectivity index (χ2n) is 10.7. The normalized spacial score (nSPS) is 12.1. The predicted octanol–water partition coefficient (Wildman–Crippen LogP) is 3.68. The Balaban J connectivity index is 1.82. The number of H-pyrrole nitrogens is 1. The molecule has 0 fully saturated rings. The Hall–Kier alpha value is -4.55. The van der Waals surface area contributed by atoms with Gasteiger partial charge in [0.25, 0.3) is 11.5 Å². The Morgan fingerprint density at radius 1 is 1.17 bits per heavy atom. The zero-order valence-corrected chi connectivity index (χ0v) is 24.5. The molecule has 42 heavy (non-hydrogen) atoms. The zero-order chi connectivity index (χ0) is 31.1. The van der Waals surface area contributed by atoms with Crippen LogP contribution in [0.3, 0.4) is 0 Å². The lowest BCUT2D eigenvalue weighted by Gasteiger charge is -2.19. The van der Waals surface area contributed by atoms with Gasteiger partial charge in [0, 0.05) is 46.0 Å². The van der Waals surface area contributed by atoms with Crippen molar-refractivity contribution >= 4 is 34.6 Å². The maximum atomic E-state index is 14.5. The zero-order valence-electron chi connectivity index (χ0n) is 24.5. The van der Waals surface area contributed by atoms with Crippen molar-refractivity contribution in [1.29, 1.82) is 0 Å². The van der Waals surface area contributed by atoms with E-state index < -0.39 is 35.3 Å². The summed E-state index contributed by atoms with van der Waals surface area (Å²) in [4.78, 5) is 60.2. The minimum Gasteiger partial charge on any atom is -0.436 e. The molecule has 0 bridgehead atoms. The molecule has 2 aromatic heterocycles. The first-order valence-corrected chi connectivity index (χ1v) is 13.4. The third-order valence-electron chi connectivity index (χ3n) is 6.22. The minimum absolute atomic E-state index is 0.0601. The number of anilines is 1. The fourth-order valence-corrected chi connectivity index (χ4v) is 4.06. The Bertz CT molecular complexity index is 1540. The van der Waals surface area contributed by atoms with Crippen LogP contribution in [0.2, 0.25) is 0 Å². The number of hydrogen-bond donors (Lipinski definition) is 2. The molecule has 0 spiro atoms. The lowest BCUT2D eigenvalue weighted by atomic mass is 10.0. The SMILES string of the molecule is CC(C)Cc1c(F)c(F)cc2[nH]c(Cn3cccc(NC(=O)C(CC/C=C/C(=O)N(C)C)OC(=O)N(C)C)c3=O)nc12. The van der Waals surface area contributed by atoms with Crippen LogP contribution in [0.5, 0.6) is 0 Å². The summed E-state index contributed by atoms with van der Waals surface area (Å²) in [6, 6.07) is 3.98. The van der Waals surface area contributed by atoms with Gasteiger partial charge in [0.15, 0.2) is 17.7 Å². The number of allylic oxidation sites excluding steroid dienone is 1. The molecule has 226 valence electrons. The largest absolute Gasteiger partial charge is 0.436 e. The van der Waals surface area contributed by atoms with Crippen molar-refractivity contribution in [2.45, 2.75) is 45.8 Å². The highest BCUT2D eigenvalue weighted by atomic mass is 19.2. The summed E-state index contributed by atoms with van der Waals surface area (Å²) in [5.41, 5.74) is 0.127. The lowest BCUT2D eigenvalue weighted by molar-refractivity contribution is -0.125. The van der Waals surface area contributed by atoms with Gasteiger partial charge in [-0.1, -0.05) is 19.9 Å². The van der Waals surface area contributed by atoms with E-state index in [1.807, 2.05) is 13.8 Å². The number of pyridine rings is 1. The summed E-state index contributed by atoms with van der Waals surface area (Å²) in [6.45, 7) is 3.71. The van der Waals surface area contributed by atoms with Gasteiger partial charge in [-0.15, -0.1) is 0 Å². The number of amides is 3. The van der Waals surface area contributed by atoms with E-state index in [4.69, 9.17) is 4.74 Å². The first-order valence-electron chi connectivity index (χ1n) is 13.4. The molecule has 0 radical (unpaired) electrons. The van der Waals surface area contributed by atoms with Crippen LogP contribution < -0.4 is 10.9 Å². The van der Waals surface area contributed by atoms with Crippen LogP contribution in [0.1, 0.15) is 38.1 Å². The van der Waals surface area contributed by atoms with Gasteiger partial charge in [0.1, 0.15) is 11.5 Å². The minimum atomic E-state index is -1.24. The molecular formula is C29H36F2N6O5. The number of benzene rings is 1. The van der Waals surface area contributed by atoms with Crippen molar-refractivity contribution in [3.8, 4) is 0 Å². The first kappa shape index (κ1) is 32.0. The molecular weight excluding hydrogens is 550 g/mol. The van der Waals surface area contributed by atoms with Crippen LogP contribution in [0.4, 0.5) is 19.3 Å². The second kappa shape index (κ2) is 13.9. The smallest absolute Gasteiger partial charge is 0.410 e. The van der Waals surface area contributed by atoms with E-state index in [1.54, 1.807) is 26.2 Å². The third-order valence-corrected chi connectivity index (χ3v) is 6.22. The Morgan fingerprint density at radius 3 is 2.52 bits per heavy atom. The van der Waals surface area contributed by atoms with Crippen molar-refractivity contribution in [1.82, 2.24) is 24.3 Å². The molecule has 0 saturated heterocycles. The number of nitrogens with zero attached hydrogens (tertiary/aromatic N) is 4. The molecule has 0 saturated carbocycles. The summed E-state index contributed by atoms with van der Waals surface area (Å²) in [5.74, 6) is -2.53. The van der Waals surface area contributed by atoms with Crippen molar-refractivity contribution < 1.29 is 27.9 Å². The number of likely N-dealkylation sites (N-methyl/N-ethyl adjacent to an activating group) is 1. The van der Waals surface area contributed by atoms with E-state index in [9.17, 15) is 28.0 Å². The Kier molecular flexibility index (Phi) is 10.6. The summed E-state index contributed by atoms with van der Waals surface area (Å²) < 4.78 is 35.4. The maximum absolute atomic E-state index is 14.5. The predicted molar refractivity (Wildman–Crippen MR) is 154 cm³/mol. The van der Waals surface area contributed by atoms with Crippen molar-refractivity contribution in [2.24, 2.45) is 5.92 Å². The summed E-state index contributed by atoms with van der Waals surface area (Å²) in [5, 5.41) is 2.52. The van der Waals surface area contributed by atoms with E-state index in [1.165, 1.54) is 46.8 Å². The number of hydrogen-bond acceptors (Lipinski definition) is 6. The highest BCUT2D eigenvalue weighted by Crippen LogP contribution is 2.25. The average Bonchev–Trinajstić information content (AvgIpc) is 3.31. The molecule has 0 aliphatic rings. The van der Waals surface area contributed by atoms with Crippen LogP contribution in [-0.4, -0.2) is 76.5 Å². The van der Waals surface area contributed by atoms with Gasteiger partial charge in [0.2, 0.25) is 5.91 Å². The van der Waals surface area contributed by atoms with E-state index in [0.717, 1.165) is 6.07 Å². The van der Waals surface area contributed by atoms with Gasteiger partial charge >= 0.3 is 6.09 Å². The standard InChI is InChI=1S/C29H36F2N6O5/c1-17(2)14-18-25(31)19(30)15-21-26(18)34-23(32-21)16-37-13-9-10-20(28(37)40)33-27(39)22(42-29(41)36(5)6)11-7-8-12-24(38)35(3)4/h8-10,12-13,15,17,22H,7,11,14,16H2,1-6H3,(H,32,34)(H,33,39)/b12-8+. The third kappa shape index (κ3) is 8.02. The van der Waals surface area contributed by atoms with Crippen LogP contribution >= 0.6 is 0 Å². The maximum Gasteiger partial charge on any atom is 0.410 e. The van der Waals surface area contributed by atoms with E-state index in [0.29, 0.717) is 16.9 Å². The second-order valence-corrected chi connectivity index (χ2v) is 10.7. The number of aromatic nitrogens is 3. The number of rotatable bonds is 11. The number of halogens is 2. The highest BCUT2D eigenvalue weighted by molar-refractivity contribution is 5.95. The average molecular weight is 587 g/mol. The van der Waals surface area contributed by atoms with Crippen molar-refractivity contribution in [3.05, 3.63) is 69.9 Å². The highest BCUT2D eigenvalue weighted by Gasteiger charge is 2.25. The lowest BCUT2D eigenvalue weighted by Crippen LogP contribution is -2.37. The van der Waals surface area contributed by atoms with Crippen LogP contribution in [0, 0.1) is 17.6 Å². The van der Waals surface area contributed by atoms with E-state index in [-0.39, 0.29) is 48.9 Å². The molecule has 3 aromatic rings. The van der Waals surface area contributed by atoms with Crippen LogP contribution in [0.15, 0.2) is 41.3 Å². The Morgan fingerprint density at radius 2 is 1.88 bits per heavy atom. The molecule has 2 N–H and O–H groups in total. The fraction of sp³-hybridized carbons (Fsp3) is 0.414. The number of carbonyl (C=O) groups is 3. The molecule has 1 unspecified atom stereocenters. The molecule has 1 aromatic carbocycles. The fourth-order valence-electron chi connectivity index (χ4n) is 4.06. The molecule has 0 aliphatic heterocycles. The Labute approximate surface area is 242 Å². The molecule has 2 heterocycles. The topological polar surface area (TPSA) is 130 Å². The molecule has 3 rings (SSSR count). The summed E-state index contributed by atoms with van der Waals surface area (Å²) >= 11 is 0. The van der Waals surface area contributed by atoms with E-state index in [2.05, 4.69) is 15.3 Å². The van der Waals surface area contributed by atoms with E-state index >= 15 is 0 Å². The van der Waals surface area contributed by atoms with Gasteiger partial charge in [-0.05, 0) is 43.4 Å². The summed E-state index contributed by atoms with van der Waals surface area (Å²) in [6.07, 6.45) is 3.02. The number of nitrogens with one attached hydrogen (secondary N) is 2. The number of ether oxygens (including phenoxy) is 1. The van der Waals surface area contributed by atoms with Crippen LogP contribution in [0.25, 0.3) is 11.0 Å². The number of fused-ring (bicyclic) bond motifs is 1. The molecule has 1 atom stereocenters. The van der Waals surface area contributed by atoms with Crippen LogP contribution in [-0.2, 0) is 27.3 Å². The number of aromatic amines is 1. The van der Waals surface area contributed by atoms with Gasteiger partial charge in [-0.2, -0.15) is 0 Å². The van der Waals surface area contributed by atoms with Gasteiger partial charge in [-0.25, -0.2) is 18.6 Å². The van der Waals surface area contributed by atoms with Crippen molar-refractivity contribution in [3.63, 3.8) is 0 Å². The monoisotopic (exact) mass is 586 g/mol. The number of imidazole rings is 1. The molecule has 11 nitrogen and oxygen atoms in total. The van der Waals surface area contributed by atoms with Crippen molar-refractivity contribution in [2.75, 3.05) is 33.5 Å². The molecule has 13 heteroatoms.